The molecule has 5 N–H and O–H groups in total. The number of nitrogens with two attached hydrogens (primary N) is 1. The van der Waals surface area contributed by atoms with Crippen molar-refractivity contribution in [1.29, 1.82) is 0 Å². The number of nitrogen functional groups attached to an aromatic ring is 1. The van der Waals surface area contributed by atoms with E-state index < -0.39 is 12.0 Å². The lowest BCUT2D eigenvalue weighted by atomic mass is 10.1. The van der Waals surface area contributed by atoms with Crippen molar-refractivity contribution in [3.8, 4) is 0 Å². The first kappa shape index (κ1) is 13.2. The fourth-order valence-corrected chi connectivity index (χ4v) is 1.73. The van der Waals surface area contributed by atoms with Crippen LogP contribution in [0.1, 0.15) is 30.1 Å². The molecule has 102 valence electrons. The summed E-state index contributed by atoms with van der Waals surface area (Å²) in [4.78, 5) is 22.8. The number of para-hydroxylation sites is 1. The molecule has 6 heteroatoms. The molecule has 1 fully saturated rings. The van der Waals surface area contributed by atoms with Gasteiger partial charge in [-0.1, -0.05) is 6.07 Å². The van der Waals surface area contributed by atoms with Gasteiger partial charge >= 0.3 is 5.97 Å². The molecule has 1 saturated carbocycles. The third-order valence-electron chi connectivity index (χ3n) is 3.03. The summed E-state index contributed by atoms with van der Waals surface area (Å²) >= 11 is 0. The van der Waals surface area contributed by atoms with E-state index in [4.69, 9.17) is 10.8 Å². The zero-order chi connectivity index (χ0) is 14.0. The van der Waals surface area contributed by atoms with Gasteiger partial charge in [0.15, 0.2) is 0 Å². The van der Waals surface area contributed by atoms with Crippen LogP contribution in [0.3, 0.4) is 0 Å². The van der Waals surface area contributed by atoms with Crippen molar-refractivity contribution in [3.05, 3.63) is 23.8 Å². The zero-order valence-electron chi connectivity index (χ0n) is 10.6. The monoisotopic (exact) mass is 263 g/mol. The number of carboxylic acids is 1. The summed E-state index contributed by atoms with van der Waals surface area (Å²) in [5, 5.41) is 14.8. The van der Waals surface area contributed by atoms with Crippen molar-refractivity contribution in [2.24, 2.45) is 0 Å². The standard InChI is InChI=1S/C13H17N3O3/c1-7(12(17)16-8-5-6-8)15-10-4-2-3-9(11(10)14)13(18)19/h2-4,7-8,15H,5-6,14H2,1H3,(H,16,17)(H,18,19). The van der Waals surface area contributed by atoms with Gasteiger partial charge in [0.05, 0.1) is 16.9 Å². The number of anilines is 2. The number of aromatic carboxylic acids is 1. The Bertz CT molecular complexity index is 512. The molecule has 0 bridgehead atoms. The molecule has 1 aliphatic carbocycles. The summed E-state index contributed by atoms with van der Waals surface area (Å²) in [5.41, 5.74) is 6.40. The Morgan fingerprint density at radius 3 is 2.68 bits per heavy atom. The highest BCUT2D eigenvalue weighted by Gasteiger charge is 2.25. The van der Waals surface area contributed by atoms with E-state index in [1.54, 1.807) is 19.1 Å². The summed E-state index contributed by atoms with van der Waals surface area (Å²) in [6, 6.07) is 4.50. The second-order valence-electron chi connectivity index (χ2n) is 4.72. The molecule has 1 aromatic rings. The molecule has 0 saturated heterocycles. The minimum absolute atomic E-state index is 0.0276. The first-order chi connectivity index (χ1) is 8.99. The Morgan fingerprint density at radius 2 is 2.11 bits per heavy atom. The molecular weight excluding hydrogens is 246 g/mol. The lowest BCUT2D eigenvalue weighted by Crippen LogP contribution is -2.38. The van der Waals surface area contributed by atoms with Crippen LogP contribution >= 0.6 is 0 Å². The van der Waals surface area contributed by atoms with Crippen molar-refractivity contribution in [2.45, 2.75) is 31.8 Å². The van der Waals surface area contributed by atoms with Gasteiger partial charge in [-0.05, 0) is 31.9 Å². The van der Waals surface area contributed by atoms with E-state index in [0.717, 1.165) is 12.8 Å². The fourth-order valence-electron chi connectivity index (χ4n) is 1.73. The van der Waals surface area contributed by atoms with Gasteiger partial charge in [-0.2, -0.15) is 0 Å². The average molecular weight is 263 g/mol. The number of carbonyl (C=O) groups excluding carboxylic acids is 1. The summed E-state index contributed by atoms with van der Waals surface area (Å²) in [6.07, 6.45) is 2.05. The smallest absolute Gasteiger partial charge is 0.337 e. The third-order valence-corrected chi connectivity index (χ3v) is 3.03. The predicted octanol–water partition coefficient (Wildman–Crippen LogP) is 1.05. The van der Waals surface area contributed by atoms with Crippen LogP contribution in [0, 0.1) is 0 Å². The largest absolute Gasteiger partial charge is 0.478 e. The van der Waals surface area contributed by atoms with Crippen LogP contribution in [-0.4, -0.2) is 29.1 Å². The molecule has 1 atom stereocenters. The van der Waals surface area contributed by atoms with Crippen LogP contribution in [-0.2, 0) is 4.79 Å². The minimum atomic E-state index is -1.09. The normalized spacial score (nSPS) is 15.6. The highest BCUT2D eigenvalue weighted by atomic mass is 16.4. The molecule has 0 aliphatic heterocycles. The lowest BCUT2D eigenvalue weighted by Gasteiger charge is -2.17. The van der Waals surface area contributed by atoms with E-state index in [-0.39, 0.29) is 17.2 Å². The van der Waals surface area contributed by atoms with E-state index in [1.807, 2.05) is 0 Å². The van der Waals surface area contributed by atoms with Gasteiger partial charge in [-0.3, -0.25) is 4.79 Å². The number of nitrogens with one attached hydrogen (secondary N) is 2. The number of rotatable bonds is 5. The Balaban J connectivity index is 2.07. The Kier molecular flexibility index (Phi) is 3.59. The first-order valence-electron chi connectivity index (χ1n) is 6.17. The van der Waals surface area contributed by atoms with Crippen LogP contribution in [0.2, 0.25) is 0 Å². The van der Waals surface area contributed by atoms with Crippen LogP contribution in [0.15, 0.2) is 18.2 Å². The highest BCUT2D eigenvalue weighted by Crippen LogP contribution is 2.24. The van der Waals surface area contributed by atoms with Gasteiger partial charge in [0, 0.05) is 6.04 Å². The highest BCUT2D eigenvalue weighted by molar-refractivity contribution is 5.97. The van der Waals surface area contributed by atoms with Crippen molar-refractivity contribution >= 4 is 23.3 Å². The Morgan fingerprint density at radius 1 is 1.42 bits per heavy atom. The van der Waals surface area contributed by atoms with Gasteiger partial charge in [0.25, 0.3) is 0 Å². The predicted molar refractivity (Wildman–Crippen MR) is 72.1 cm³/mol. The molecule has 6 nitrogen and oxygen atoms in total. The number of hydrogen-bond acceptors (Lipinski definition) is 4. The summed E-state index contributed by atoms with van der Waals surface area (Å²) in [5.74, 6) is -1.20. The quantitative estimate of drug-likeness (QED) is 0.594. The van der Waals surface area contributed by atoms with E-state index >= 15 is 0 Å². The van der Waals surface area contributed by atoms with E-state index in [2.05, 4.69) is 10.6 Å². The number of amides is 1. The van der Waals surface area contributed by atoms with Gasteiger partial charge < -0.3 is 21.5 Å². The molecule has 2 rings (SSSR count). The number of hydrogen-bond donors (Lipinski definition) is 4. The molecule has 1 amide bonds. The maximum atomic E-state index is 11.8. The number of benzene rings is 1. The fraction of sp³-hybridized carbons (Fsp3) is 0.385. The number of carboxylic acid groups (broad SMARTS) is 1. The molecule has 0 radical (unpaired) electrons. The topological polar surface area (TPSA) is 104 Å². The van der Waals surface area contributed by atoms with E-state index in [0.29, 0.717) is 11.7 Å². The maximum Gasteiger partial charge on any atom is 0.337 e. The third kappa shape index (κ3) is 3.15. The minimum Gasteiger partial charge on any atom is -0.478 e. The van der Waals surface area contributed by atoms with Crippen LogP contribution < -0.4 is 16.4 Å². The Labute approximate surface area is 111 Å². The molecule has 19 heavy (non-hydrogen) atoms. The number of carbonyl (C=O) groups is 2. The molecule has 0 aromatic heterocycles. The maximum absolute atomic E-state index is 11.8. The second kappa shape index (κ2) is 5.17. The van der Waals surface area contributed by atoms with Crippen molar-refractivity contribution in [1.82, 2.24) is 5.32 Å². The summed E-state index contributed by atoms with van der Waals surface area (Å²) in [6.45, 7) is 1.71. The lowest BCUT2D eigenvalue weighted by molar-refractivity contribution is -0.121. The first-order valence-corrected chi connectivity index (χ1v) is 6.17. The van der Waals surface area contributed by atoms with Crippen LogP contribution in [0.25, 0.3) is 0 Å². The molecule has 1 unspecified atom stereocenters. The zero-order valence-corrected chi connectivity index (χ0v) is 10.6. The van der Waals surface area contributed by atoms with Gasteiger partial charge in [-0.25, -0.2) is 4.79 Å². The van der Waals surface area contributed by atoms with Gasteiger partial charge in [-0.15, -0.1) is 0 Å². The Hall–Kier alpha value is -2.24. The van der Waals surface area contributed by atoms with Gasteiger partial charge in [0.1, 0.15) is 6.04 Å². The van der Waals surface area contributed by atoms with E-state index in [1.165, 1.54) is 6.07 Å². The molecule has 1 aliphatic rings. The van der Waals surface area contributed by atoms with Crippen LogP contribution in [0.4, 0.5) is 11.4 Å². The average Bonchev–Trinajstić information content (AvgIpc) is 3.15. The summed E-state index contributed by atoms with van der Waals surface area (Å²) in [7, 11) is 0. The molecule has 0 spiro atoms. The second-order valence-corrected chi connectivity index (χ2v) is 4.72. The SMILES string of the molecule is CC(Nc1cccc(C(=O)O)c1N)C(=O)NC1CC1. The van der Waals surface area contributed by atoms with Crippen LogP contribution in [0.5, 0.6) is 0 Å². The van der Waals surface area contributed by atoms with Gasteiger partial charge in [0.2, 0.25) is 5.91 Å². The molecule has 0 heterocycles. The van der Waals surface area contributed by atoms with Crippen molar-refractivity contribution in [2.75, 3.05) is 11.1 Å². The van der Waals surface area contributed by atoms with Crippen molar-refractivity contribution in [3.63, 3.8) is 0 Å². The molecular formula is C13H17N3O3. The summed E-state index contributed by atoms with van der Waals surface area (Å²) < 4.78 is 0. The molecule has 1 aromatic carbocycles. The van der Waals surface area contributed by atoms with E-state index in [9.17, 15) is 9.59 Å². The van der Waals surface area contributed by atoms with Crippen molar-refractivity contribution < 1.29 is 14.7 Å².